The molecule has 0 aliphatic carbocycles. The number of aliphatic hydroxyl groups excluding tert-OH is 1. The fourth-order valence-corrected chi connectivity index (χ4v) is 4.65. The summed E-state index contributed by atoms with van der Waals surface area (Å²) in [5, 5.41) is 10.3. The molecule has 0 unspecified atom stereocenters. The van der Waals surface area contributed by atoms with E-state index in [1.54, 1.807) is 6.92 Å². The molecule has 1 aliphatic heterocycles. The van der Waals surface area contributed by atoms with Gasteiger partial charge in [0.2, 0.25) is 0 Å². The van der Waals surface area contributed by atoms with E-state index < -0.39 is 51.3 Å². The molecule has 1 aliphatic rings. The predicted molar refractivity (Wildman–Crippen MR) is 72.5 cm³/mol. The van der Waals surface area contributed by atoms with Gasteiger partial charge in [0.1, 0.15) is 0 Å². The maximum absolute atomic E-state index is 11.7. The molecule has 1 fully saturated rings. The maximum atomic E-state index is 11.7. The summed E-state index contributed by atoms with van der Waals surface area (Å²) in [5.41, 5.74) is -0.656. The van der Waals surface area contributed by atoms with E-state index in [-0.39, 0.29) is 6.42 Å². The Morgan fingerprint density at radius 3 is 2.90 bits per heavy atom. The van der Waals surface area contributed by atoms with Gasteiger partial charge in [0.25, 0.3) is 0 Å². The second-order valence-electron chi connectivity index (χ2n) is 4.46. The van der Waals surface area contributed by atoms with Gasteiger partial charge < -0.3 is 0 Å². The number of nitrogens with one attached hydrogen (secondary N) is 1. The summed E-state index contributed by atoms with van der Waals surface area (Å²) in [6.45, 7) is 1.57. The molecule has 20 heavy (non-hydrogen) atoms. The van der Waals surface area contributed by atoms with Crippen LogP contribution in [0.15, 0.2) is 15.8 Å². The number of nitrogens with zero attached hydrogens (tertiary/aromatic N) is 1. The number of ether oxygens (including phenoxy) is 1. The number of aryl methyl sites for hydroxylation is 1. The number of H-pyrrole nitrogens is 1. The van der Waals surface area contributed by atoms with Gasteiger partial charge in [-0.05, 0) is 0 Å². The fraction of sp³-hybridized carbons (Fsp3) is 0.600. The zero-order chi connectivity index (χ0) is 14.9. The molecule has 112 valence electrons. The topological polar surface area (TPSA) is 125 Å². The Morgan fingerprint density at radius 2 is 2.25 bits per heavy atom. The molecule has 10 heteroatoms. The molecule has 0 radical (unpaired) electrons. The van der Waals surface area contributed by atoms with Crippen LogP contribution in [0.5, 0.6) is 0 Å². The van der Waals surface area contributed by atoms with Gasteiger partial charge in [-0.1, -0.05) is 0 Å². The molecule has 0 amide bonds. The third kappa shape index (κ3) is 3.56. The molecule has 3 atom stereocenters. The second-order valence-corrected chi connectivity index (χ2v) is 9.60. The Bertz CT molecular complexity index is 588. The molecule has 1 aromatic heterocycles. The van der Waals surface area contributed by atoms with Gasteiger partial charge in [0.05, 0.1) is 0 Å². The molecular weight excluding hydrogens is 354 g/mol. The molecule has 8 nitrogen and oxygen atoms in total. The number of aromatic nitrogens is 2. The summed E-state index contributed by atoms with van der Waals surface area (Å²) in [4.78, 5) is 43.0. The Balaban J connectivity index is 2.14. The molecular formula is C10H15N2O6PSe. The zero-order valence-corrected chi connectivity index (χ0v) is 13.2. The van der Waals surface area contributed by atoms with E-state index in [1.807, 2.05) is 0 Å². The molecule has 0 saturated carbocycles. The Hall–Kier alpha value is -0.531. The normalized spacial score (nSPS) is 26.4. The SMILES string of the molecule is Cc1cn([C@H]2C[C@H](O)[C@@H](C[Se]P(O)O)O2)c(=O)[nH]c1=O. The average molecular weight is 369 g/mol. The molecule has 4 N–H and O–H groups in total. The first-order valence-electron chi connectivity index (χ1n) is 5.85. The number of aliphatic hydroxyl groups is 1. The van der Waals surface area contributed by atoms with E-state index in [4.69, 9.17) is 14.5 Å². The van der Waals surface area contributed by atoms with Crippen LogP contribution in [-0.2, 0) is 4.74 Å². The summed E-state index contributed by atoms with van der Waals surface area (Å²) in [6.07, 6.45) is -0.324. The van der Waals surface area contributed by atoms with Gasteiger partial charge in [-0.15, -0.1) is 0 Å². The van der Waals surface area contributed by atoms with Gasteiger partial charge in [0.15, 0.2) is 0 Å². The van der Waals surface area contributed by atoms with Crippen LogP contribution >= 0.6 is 7.07 Å². The first-order chi connectivity index (χ1) is 9.38. The van der Waals surface area contributed by atoms with Crippen LogP contribution in [0.25, 0.3) is 0 Å². The summed E-state index contributed by atoms with van der Waals surface area (Å²) >= 11 is -0.415. The van der Waals surface area contributed by atoms with E-state index >= 15 is 0 Å². The summed E-state index contributed by atoms with van der Waals surface area (Å²) in [7, 11) is -1.96. The van der Waals surface area contributed by atoms with E-state index in [0.29, 0.717) is 10.9 Å². The van der Waals surface area contributed by atoms with Gasteiger partial charge in [-0.2, -0.15) is 0 Å². The van der Waals surface area contributed by atoms with Crippen LogP contribution in [0, 0.1) is 6.92 Å². The molecule has 0 aromatic carbocycles. The molecule has 0 spiro atoms. The third-order valence-electron chi connectivity index (χ3n) is 3.01. The summed E-state index contributed by atoms with van der Waals surface area (Å²) in [5.74, 6) is 0. The molecule has 1 saturated heterocycles. The number of hydrogen-bond acceptors (Lipinski definition) is 6. The molecule has 0 bridgehead atoms. The predicted octanol–water partition coefficient (Wildman–Crippen LogP) is -1.17. The van der Waals surface area contributed by atoms with Crippen molar-refractivity contribution in [2.45, 2.75) is 37.1 Å². The van der Waals surface area contributed by atoms with Crippen molar-refractivity contribution in [2.24, 2.45) is 0 Å². The van der Waals surface area contributed by atoms with Crippen molar-refractivity contribution in [1.82, 2.24) is 9.55 Å². The number of hydrogen-bond donors (Lipinski definition) is 4. The van der Waals surface area contributed by atoms with Crippen molar-refractivity contribution in [3.05, 3.63) is 32.6 Å². The van der Waals surface area contributed by atoms with Crippen molar-refractivity contribution < 1.29 is 19.6 Å². The Kier molecular flexibility index (Phi) is 5.14. The van der Waals surface area contributed by atoms with Crippen LogP contribution in [0.3, 0.4) is 0 Å². The van der Waals surface area contributed by atoms with E-state index in [1.165, 1.54) is 10.8 Å². The van der Waals surface area contributed by atoms with Crippen molar-refractivity contribution in [3.8, 4) is 0 Å². The first kappa shape index (κ1) is 15.9. The average Bonchev–Trinajstić information content (AvgIpc) is 2.72. The Labute approximate surface area is 121 Å². The van der Waals surface area contributed by atoms with Crippen LogP contribution in [-0.4, -0.2) is 51.2 Å². The second kappa shape index (κ2) is 6.49. The zero-order valence-electron chi connectivity index (χ0n) is 10.6. The standard InChI is InChI=1S/C10H15N2O6PSe/c1-5-3-12(10(15)11-9(5)14)8-2-6(13)7(18-8)4-20-19(16)17/h3,6-8,13,16-17H,2,4H2,1H3,(H,11,14,15)/t6-,7+,8+/m0/s1. The summed E-state index contributed by atoms with van der Waals surface area (Å²) < 4.78 is 6.82. The third-order valence-corrected chi connectivity index (χ3v) is 6.48. The van der Waals surface area contributed by atoms with E-state index in [2.05, 4.69) is 4.98 Å². The van der Waals surface area contributed by atoms with Crippen LogP contribution < -0.4 is 11.2 Å². The minimum atomic E-state index is -1.96. The van der Waals surface area contributed by atoms with Crippen LogP contribution in [0.1, 0.15) is 18.2 Å². The van der Waals surface area contributed by atoms with E-state index in [0.717, 1.165) is 0 Å². The monoisotopic (exact) mass is 370 g/mol. The van der Waals surface area contributed by atoms with Crippen LogP contribution in [0.2, 0.25) is 5.32 Å². The molecule has 2 rings (SSSR count). The van der Waals surface area contributed by atoms with Crippen LogP contribution in [0.4, 0.5) is 0 Å². The summed E-state index contributed by atoms with van der Waals surface area (Å²) in [6, 6.07) is 0. The van der Waals surface area contributed by atoms with Crippen molar-refractivity contribution >= 4 is 21.6 Å². The minimum absolute atomic E-state index is 0.223. The fourth-order valence-electron chi connectivity index (χ4n) is 1.98. The van der Waals surface area contributed by atoms with Gasteiger partial charge in [-0.3, -0.25) is 0 Å². The van der Waals surface area contributed by atoms with Gasteiger partial charge in [0, 0.05) is 0 Å². The van der Waals surface area contributed by atoms with Crippen molar-refractivity contribution in [3.63, 3.8) is 0 Å². The van der Waals surface area contributed by atoms with Gasteiger partial charge in [-0.25, -0.2) is 0 Å². The van der Waals surface area contributed by atoms with Crippen molar-refractivity contribution in [1.29, 1.82) is 0 Å². The first-order valence-corrected chi connectivity index (χ1v) is 10.5. The number of aromatic amines is 1. The number of rotatable bonds is 4. The van der Waals surface area contributed by atoms with E-state index in [9.17, 15) is 14.7 Å². The van der Waals surface area contributed by atoms with Crippen molar-refractivity contribution in [2.75, 3.05) is 0 Å². The van der Waals surface area contributed by atoms with Gasteiger partial charge >= 0.3 is 120 Å². The quantitative estimate of drug-likeness (QED) is 0.392. The Morgan fingerprint density at radius 1 is 1.55 bits per heavy atom. The molecule has 1 aromatic rings. The molecule has 2 heterocycles.